The summed E-state index contributed by atoms with van der Waals surface area (Å²) >= 11 is 0. The molecule has 0 spiro atoms. The number of carbonyl (C=O) groups excluding carboxylic acids is 1. The van der Waals surface area contributed by atoms with E-state index in [-0.39, 0.29) is 22.5 Å². The van der Waals surface area contributed by atoms with E-state index in [9.17, 15) is 9.18 Å². The number of anilines is 2. The molecule has 138 valence electrons. The molecule has 26 heavy (non-hydrogen) atoms. The molecule has 1 aliphatic rings. The average Bonchev–Trinajstić information content (AvgIpc) is 2.61. The number of aryl methyl sites for hydroxylation is 1. The maximum Gasteiger partial charge on any atom is 0.252 e. The number of benzene rings is 1. The number of likely N-dealkylation sites (tertiary alicyclic amines) is 1. The number of primary amides is 1. The van der Waals surface area contributed by atoms with Crippen molar-refractivity contribution in [1.29, 1.82) is 0 Å². The molecule has 6 heteroatoms. The van der Waals surface area contributed by atoms with Crippen molar-refractivity contribution in [3.8, 4) is 0 Å². The number of nitrogens with zero attached hydrogens (tertiary/aromatic N) is 2. The van der Waals surface area contributed by atoms with E-state index < -0.39 is 11.7 Å². The number of nitrogens with two attached hydrogens (primary N) is 1. The monoisotopic (exact) mass is 356 g/mol. The van der Waals surface area contributed by atoms with Crippen molar-refractivity contribution in [1.82, 2.24) is 9.88 Å². The second-order valence-corrected chi connectivity index (χ2v) is 7.38. The van der Waals surface area contributed by atoms with E-state index >= 15 is 0 Å². The topological polar surface area (TPSA) is 71.2 Å². The van der Waals surface area contributed by atoms with Crippen molar-refractivity contribution in [2.45, 2.75) is 32.1 Å². The van der Waals surface area contributed by atoms with Gasteiger partial charge in [-0.2, -0.15) is 0 Å². The van der Waals surface area contributed by atoms with Gasteiger partial charge in [0, 0.05) is 5.69 Å². The molecule has 1 aliphatic heterocycles. The summed E-state index contributed by atoms with van der Waals surface area (Å²) in [5.41, 5.74) is 7.86. The number of rotatable bonds is 4. The molecular formula is C20H25FN4O. The highest BCUT2D eigenvalue weighted by molar-refractivity contribution is 5.98. The maximum absolute atomic E-state index is 13.7. The predicted molar refractivity (Wildman–Crippen MR) is 101 cm³/mol. The lowest BCUT2D eigenvalue weighted by molar-refractivity contribution is 0.100. The first kappa shape index (κ1) is 18.3. The third-order valence-electron chi connectivity index (χ3n) is 5.35. The van der Waals surface area contributed by atoms with E-state index in [2.05, 4.69) is 41.3 Å². The number of aromatic nitrogens is 1. The molecule has 0 saturated carbocycles. The van der Waals surface area contributed by atoms with E-state index in [4.69, 9.17) is 5.73 Å². The van der Waals surface area contributed by atoms with Crippen LogP contribution in [0.15, 0.2) is 30.3 Å². The first-order chi connectivity index (χ1) is 12.3. The van der Waals surface area contributed by atoms with Gasteiger partial charge in [0.05, 0.1) is 11.3 Å². The number of nitrogens with one attached hydrogen (secondary N) is 1. The van der Waals surface area contributed by atoms with Crippen LogP contribution in [0.1, 0.15) is 41.4 Å². The number of piperidine rings is 1. The Hall–Kier alpha value is -2.47. The Balaban J connectivity index is 1.82. The molecule has 1 aromatic carbocycles. The van der Waals surface area contributed by atoms with Crippen LogP contribution < -0.4 is 11.1 Å². The molecule has 3 N–H and O–H groups in total. The van der Waals surface area contributed by atoms with Gasteiger partial charge >= 0.3 is 0 Å². The second kappa shape index (κ2) is 7.03. The minimum Gasteiger partial charge on any atom is -0.365 e. The molecule has 3 rings (SSSR count). The molecule has 1 amide bonds. The van der Waals surface area contributed by atoms with Gasteiger partial charge in [0.1, 0.15) is 11.6 Å². The highest BCUT2D eigenvalue weighted by Gasteiger charge is 2.30. The number of amides is 1. The normalized spacial score (nSPS) is 17.1. The van der Waals surface area contributed by atoms with E-state index in [1.807, 2.05) is 12.1 Å². The lowest BCUT2D eigenvalue weighted by Crippen LogP contribution is -2.38. The number of carbonyl (C=O) groups is 1. The minimum atomic E-state index is -0.714. The molecule has 0 bridgehead atoms. The third-order valence-corrected chi connectivity index (χ3v) is 5.35. The van der Waals surface area contributed by atoms with E-state index in [1.54, 1.807) is 6.92 Å². The number of hydrogen-bond donors (Lipinski definition) is 2. The predicted octanol–water partition coefficient (Wildman–Crippen LogP) is 3.35. The summed E-state index contributed by atoms with van der Waals surface area (Å²) in [7, 11) is 2.15. The number of pyridine rings is 1. The van der Waals surface area contributed by atoms with Crippen LogP contribution in [0.5, 0.6) is 0 Å². The Labute approximate surface area is 153 Å². The molecular weight excluding hydrogens is 331 g/mol. The van der Waals surface area contributed by atoms with Gasteiger partial charge in [-0.1, -0.05) is 19.1 Å². The first-order valence-electron chi connectivity index (χ1n) is 8.81. The van der Waals surface area contributed by atoms with Gasteiger partial charge in [-0.25, -0.2) is 9.37 Å². The Morgan fingerprint density at radius 1 is 1.27 bits per heavy atom. The smallest absolute Gasteiger partial charge is 0.252 e. The Morgan fingerprint density at radius 2 is 1.88 bits per heavy atom. The molecule has 0 radical (unpaired) electrons. The van der Waals surface area contributed by atoms with Crippen LogP contribution in [-0.2, 0) is 5.41 Å². The second-order valence-electron chi connectivity index (χ2n) is 7.38. The number of halogens is 1. The minimum absolute atomic E-state index is 0.0412. The van der Waals surface area contributed by atoms with Gasteiger partial charge in [0.15, 0.2) is 0 Å². The molecule has 5 nitrogen and oxygen atoms in total. The van der Waals surface area contributed by atoms with Gasteiger partial charge in [-0.15, -0.1) is 0 Å². The van der Waals surface area contributed by atoms with Crippen molar-refractivity contribution in [3.63, 3.8) is 0 Å². The van der Waals surface area contributed by atoms with Gasteiger partial charge in [-0.05, 0) is 69.1 Å². The highest BCUT2D eigenvalue weighted by Crippen LogP contribution is 2.35. The van der Waals surface area contributed by atoms with E-state index in [1.165, 1.54) is 5.56 Å². The quantitative estimate of drug-likeness (QED) is 0.881. The fourth-order valence-electron chi connectivity index (χ4n) is 3.36. The molecule has 2 heterocycles. The summed E-state index contributed by atoms with van der Waals surface area (Å²) in [4.78, 5) is 18.1. The largest absolute Gasteiger partial charge is 0.365 e. The number of hydrogen-bond acceptors (Lipinski definition) is 4. The summed E-state index contributed by atoms with van der Waals surface area (Å²) in [5, 5.41) is 3.08. The summed E-state index contributed by atoms with van der Waals surface area (Å²) in [6, 6.07) is 9.26. The maximum atomic E-state index is 13.7. The summed E-state index contributed by atoms with van der Waals surface area (Å²) in [5.74, 6) is -0.987. The van der Waals surface area contributed by atoms with Crippen molar-refractivity contribution in [3.05, 3.63) is 53.0 Å². The fourth-order valence-corrected chi connectivity index (χ4v) is 3.36. The molecule has 0 unspecified atom stereocenters. The zero-order valence-corrected chi connectivity index (χ0v) is 15.5. The van der Waals surface area contributed by atoms with Gasteiger partial charge in [-0.3, -0.25) is 4.79 Å². The third kappa shape index (κ3) is 3.70. The SMILES string of the molecule is Cc1nc(Nc2ccc(C3(C)CCN(C)CC3)cc2)c(C(N)=O)cc1F. The molecule has 0 atom stereocenters. The van der Waals surface area contributed by atoms with Crippen molar-refractivity contribution in [2.75, 3.05) is 25.5 Å². The van der Waals surface area contributed by atoms with Crippen molar-refractivity contribution >= 4 is 17.4 Å². The van der Waals surface area contributed by atoms with Crippen LogP contribution in [0.25, 0.3) is 0 Å². The zero-order chi connectivity index (χ0) is 18.9. The lowest BCUT2D eigenvalue weighted by Gasteiger charge is -2.38. The summed E-state index contributed by atoms with van der Waals surface area (Å²) in [6.07, 6.45) is 2.25. The van der Waals surface area contributed by atoms with Crippen LogP contribution in [-0.4, -0.2) is 35.9 Å². The van der Waals surface area contributed by atoms with Crippen LogP contribution in [0.4, 0.5) is 15.9 Å². The van der Waals surface area contributed by atoms with Gasteiger partial charge in [0.2, 0.25) is 0 Å². The van der Waals surface area contributed by atoms with Crippen molar-refractivity contribution < 1.29 is 9.18 Å². The Kier molecular flexibility index (Phi) is 4.96. The molecule has 1 fully saturated rings. The van der Waals surface area contributed by atoms with Crippen molar-refractivity contribution in [2.24, 2.45) is 5.73 Å². The van der Waals surface area contributed by atoms with Gasteiger partial charge in [0.25, 0.3) is 5.91 Å². The summed E-state index contributed by atoms with van der Waals surface area (Å²) < 4.78 is 13.7. The van der Waals surface area contributed by atoms with Crippen LogP contribution in [0.3, 0.4) is 0 Å². The standard InChI is InChI=1S/C20H25FN4O/c1-13-17(21)12-16(18(22)26)19(23-13)24-15-6-4-14(5-7-15)20(2)8-10-25(3)11-9-20/h4-7,12H,8-11H2,1-3H3,(H2,22,26)(H,23,24). The fraction of sp³-hybridized carbons (Fsp3) is 0.400. The van der Waals surface area contributed by atoms with Crippen LogP contribution >= 0.6 is 0 Å². The van der Waals surface area contributed by atoms with Gasteiger partial charge < -0.3 is 16.0 Å². The van der Waals surface area contributed by atoms with E-state index in [0.29, 0.717) is 0 Å². The first-order valence-corrected chi connectivity index (χ1v) is 8.81. The molecule has 0 aliphatic carbocycles. The Morgan fingerprint density at radius 3 is 2.46 bits per heavy atom. The van der Waals surface area contributed by atoms with Crippen LogP contribution in [0.2, 0.25) is 0 Å². The molecule has 2 aromatic rings. The van der Waals surface area contributed by atoms with E-state index in [0.717, 1.165) is 37.7 Å². The average molecular weight is 356 g/mol. The molecule has 1 aromatic heterocycles. The Bertz CT molecular complexity index is 811. The highest BCUT2D eigenvalue weighted by atomic mass is 19.1. The molecule has 1 saturated heterocycles. The zero-order valence-electron chi connectivity index (χ0n) is 15.5. The lowest BCUT2D eigenvalue weighted by atomic mass is 9.74. The summed E-state index contributed by atoms with van der Waals surface area (Å²) in [6.45, 7) is 6.04. The van der Waals surface area contributed by atoms with Crippen LogP contribution in [0, 0.1) is 12.7 Å².